The molecule has 0 fully saturated rings. The highest BCUT2D eigenvalue weighted by atomic mass is 79.9. The first kappa shape index (κ1) is 16.0. The molecule has 19 heavy (non-hydrogen) atoms. The van der Waals surface area contributed by atoms with Crippen molar-refractivity contribution in [3.8, 4) is 0 Å². The lowest BCUT2D eigenvalue weighted by Gasteiger charge is -2.27. The smallest absolute Gasteiger partial charge is 0.329 e. The fraction of sp³-hybridized carbons (Fsp3) is 0.500. The van der Waals surface area contributed by atoms with E-state index in [-0.39, 0.29) is 0 Å². The van der Waals surface area contributed by atoms with Crippen molar-refractivity contribution in [2.24, 2.45) is 0 Å². The second-order valence-corrected chi connectivity index (χ2v) is 6.66. The zero-order chi connectivity index (χ0) is 14.5. The number of hydrogen-bond donors (Lipinski definition) is 3. The van der Waals surface area contributed by atoms with Crippen LogP contribution in [0, 0.1) is 0 Å². The Morgan fingerprint density at radius 3 is 2.42 bits per heavy atom. The summed E-state index contributed by atoms with van der Waals surface area (Å²) in [5.41, 5.74) is -1.19. The van der Waals surface area contributed by atoms with Crippen LogP contribution in [0.2, 0.25) is 0 Å². The van der Waals surface area contributed by atoms with Gasteiger partial charge in [-0.05, 0) is 40.9 Å². The second-order valence-electron chi connectivity index (χ2n) is 4.11. The van der Waals surface area contributed by atoms with Crippen molar-refractivity contribution < 1.29 is 14.7 Å². The van der Waals surface area contributed by atoms with Gasteiger partial charge in [-0.1, -0.05) is 13.8 Å². The summed E-state index contributed by atoms with van der Waals surface area (Å²) >= 11 is 4.87. The van der Waals surface area contributed by atoms with Gasteiger partial charge in [-0.15, -0.1) is 11.3 Å². The molecule has 0 aliphatic rings. The van der Waals surface area contributed by atoms with Crippen molar-refractivity contribution in [1.82, 2.24) is 10.6 Å². The average molecular weight is 349 g/mol. The molecule has 0 spiro atoms. The summed E-state index contributed by atoms with van der Waals surface area (Å²) in [6, 6.07) is 3.34. The highest BCUT2D eigenvalue weighted by Crippen LogP contribution is 2.21. The molecule has 0 unspecified atom stereocenters. The van der Waals surface area contributed by atoms with E-state index in [9.17, 15) is 14.7 Å². The zero-order valence-electron chi connectivity index (χ0n) is 10.8. The van der Waals surface area contributed by atoms with Gasteiger partial charge in [-0.25, -0.2) is 9.59 Å². The maximum Gasteiger partial charge on any atom is 0.329 e. The minimum atomic E-state index is -1.19. The lowest BCUT2D eigenvalue weighted by atomic mass is 9.93. The summed E-state index contributed by atoms with van der Waals surface area (Å²) < 4.78 is 0.992. The van der Waals surface area contributed by atoms with Gasteiger partial charge in [-0.2, -0.15) is 0 Å². The van der Waals surface area contributed by atoms with E-state index in [4.69, 9.17) is 0 Å². The number of carbonyl (C=O) groups is 2. The van der Waals surface area contributed by atoms with Crippen molar-refractivity contribution in [1.29, 1.82) is 0 Å². The molecule has 2 amide bonds. The summed E-state index contributed by atoms with van der Waals surface area (Å²) in [5.74, 6) is -1.01. The molecule has 7 heteroatoms. The van der Waals surface area contributed by atoms with Crippen LogP contribution in [0.1, 0.15) is 31.6 Å². The van der Waals surface area contributed by atoms with Crippen LogP contribution in [-0.4, -0.2) is 22.6 Å². The highest BCUT2D eigenvalue weighted by molar-refractivity contribution is 9.11. The number of carboxylic acid groups (broad SMARTS) is 1. The van der Waals surface area contributed by atoms with Gasteiger partial charge in [0.15, 0.2) is 0 Å². The molecule has 0 aliphatic carbocycles. The van der Waals surface area contributed by atoms with Gasteiger partial charge in [0, 0.05) is 4.88 Å². The first-order chi connectivity index (χ1) is 8.93. The summed E-state index contributed by atoms with van der Waals surface area (Å²) in [5, 5.41) is 14.4. The molecule has 0 aliphatic heterocycles. The predicted octanol–water partition coefficient (Wildman–Crippen LogP) is 2.95. The number of rotatable bonds is 6. The SMILES string of the molecule is CCC(CC)(NC(=O)NCc1ccc(Br)s1)C(=O)O. The first-order valence-electron chi connectivity index (χ1n) is 5.97. The average Bonchev–Trinajstić information content (AvgIpc) is 2.79. The lowest BCUT2D eigenvalue weighted by Crippen LogP contribution is -2.56. The number of hydrogen-bond acceptors (Lipinski definition) is 3. The quantitative estimate of drug-likeness (QED) is 0.739. The van der Waals surface area contributed by atoms with Crippen LogP contribution < -0.4 is 10.6 Å². The number of thiophene rings is 1. The molecule has 0 bridgehead atoms. The molecular weight excluding hydrogens is 332 g/mol. The Balaban J connectivity index is 2.56. The summed E-state index contributed by atoms with van der Waals surface area (Å²) in [4.78, 5) is 24.0. The second kappa shape index (κ2) is 6.91. The number of aliphatic carboxylic acids is 1. The van der Waals surface area contributed by atoms with Crippen LogP contribution in [-0.2, 0) is 11.3 Å². The number of halogens is 1. The normalized spacial score (nSPS) is 11.1. The monoisotopic (exact) mass is 348 g/mol. The van der Waals surface area contributed by atoms with E-state index in [2.05, 4.69) is 26.6 Å². The van der Waals surface area contributed by atoms with E-state index in [0.29, 0.717) is 19.4 Å². The lowest BCUT2D eigenvalue weighted by molar-refractivity contribution is -0.144. The molecule has 1 aromatic rings. The third-order valence-corrected chi connectivity index (χ3v) is 4.64. The van der Waals surface area contributed by atoms with Crippen molar-refractivity contribution in [2.45, 2.75) is 38.8 Å². The van der Waals surface area contributed by atoms with Crippen molar-refractivity contribution in [2.75, 3.05) is 0 Å². The minimum absolute atomic E-state index is 0.344. The summed E-state index contributed by atoms with van der Waals surface area (Å²) in [7, 11) is 0. The maximum absolute atomic E-state index is 11.8. The van der Waals surface area contributed by atoms with E-state index in [1.165, 1.54) is 11.3 Å². The number of amides is 2. The number of carboxylic acids is 1. The fourth-order valence-corrected chi connectivity index (χ4v) is 3.08. The molecule has 0 aromatic carbocycles. The molecule has 0 saturated carbocycles. The third-order valence-electron chi connectivity index (χ3n) is 3.02. The van der Waals surface area contributed by atoms with Gasteiger partial charge in [0.25, 0.3) is 0 Å². The molecule has 5 nitrogen and oxygen atoms in total. The fourth-order valence-electron chi connectivity index (χ4n) is 1.66. The van der Waals surface area contributed by atoms with E-state index < -0.39 is 17.5 Å². The largest absolute Gasteiger partial charge is 0.480 e. The number of nitrogens with one attached hydrogen (secondary N) is 2. The molecule has 0 atom stereocenters. The van der Waals surface area contributed by atoms with Gasteiger partial charge in [0.1, 0.15) is 5.54 Å². The van der Waals surface area contributed by atoms with Gasteiger partial charge in [-0.3, -0.25) is 0 Å². The molecular formula is C12H17BrN2O3S. The molecule has 106 valence electrons. The maximum atomic E-state index is 11.8. The van der Waals surface area contributed by atoms with E-state index in [1.54, 1.807) is 13.8 Å². The Bertz CT molecular complexity index is 458. The molecule has 1 aromatic heterocycles. The topological polar surface area (TPSA) is 78.4 Å². The third kappa shape index (κ3) is 4.21. The van der Waals surface area contributed by atoms with E-state index >= 15 is 0 Å². The van der Waals surface area contributed by atoms with Crippen LogP contribution in [0.4, 0.5) is 4.79 Å². The van der Waals surface area contributed by atoms with Crippen LogP contribution in [0.25, 0.3) is 0 Å². The van der Waals surface area contributed by atoms with Crippen molar-refractivity contribution >= 4 is 39.3 Å². The van der Waals surface area contributed by atoms with Crippen LogP contribution >= 0.6 is 27.3 Å². The zero-order valence-corrected chi connectivity index (χ0v) is 13.2. The summed E-state index contributed by atoms with van der Waals surface area (Å²) in [6.45, 7) is 3.87. The van der Waals surface area contributed by atoms with Gasteiger partial charge >= 0.3 is 12.0 Å². The number of carbonyl (C=O) groups excluding carboxylic acids is 1. The van der Waals surface area contributed by atoms with Gasteiger partial charge in [0.05, 0.1) is 10.3 Å². The highest BCUT2D eigenvalue weighted by Gasteiger charge is 2.36. The number of urea groups is 1. The Labute approximate surface area is 124 Å². The Morgan fingerprint density at radius 2 is 2.00 bits per heavy atom. The van der Waals surface area contributed by atoms with Gasteiger partial charge in [0.2, 0.25) is 0 Å². The van der Waals surface area contributed by atoms with Crippen LogP contribution in [0.3, 0.4) is 0 Å². The summed E-state index contributed by atoms with van der Waals surface area (Å²) in [6.07, 6.45) is 0.688. The van der Waals surface area contributed by atoms with Gasteiger partial charge < -0.3 is 15.7 Å². The molecule has 1 rings (SSSR count). The van der Waals surface area contributed by atoms with E-state index in [0.717, 1.165) is 8.66 Å². The Hall–Kier alpha value is -1.08. The molecule has 3 N–H and O–H groups in total. The Morgan fingerprint density at radius 1 is 1.37 bits per heavy atom. The van der Waals surface area contributed by atoms with Crippen LogP contribution in [0.5, 0.6) is 0 Å². The van der Waals surface area contributed by atoms with Crippen molar-refractivity contribution in [3.05, 3.63) is 20.8 Å². The first-order valence-corrected chi connectivity index (χ1v) is 7.58. The van der Waals surface area contributed by atoms with E-state index in [1.807, 2.05) is 12.1 Å². The standard InChI is InChI=1S/C12H17BrN2O3S/c1-3-12(4-2,10(16)17)15-11(18)14-7-8-5-6-9(13)19-8/h5-6H,3-4,7H2,1-2H3,(H,16,17)(H2,14,15,18). The Kier molecular flexibility index (Phi) is 5.81. The van der Waals surface area contributed by atoms with Crippen molar-refractivity contribution in [3.63, 3.8) is 0 Å². The molecule has 0 saturated heterocycles. The van der Waals surface area contributed by atoms with Crippen LogP contribution in [0.15, 0.2) is 15.9 Å². The minimum Gasteiger partial charge on any atom is -0.480 e. The molecule has 0 radical (unpaired) electrons. The molecule has 1 heterocycles. The predicted molar refractivity (Wildman–Crippen MR) is 78.3 cm³/mol.